The second-order valence-corrected chi connectivity index (χ2v) is 3.28. The van der Waals surface area contributed by atoms with Crippen LogP contribution in [0, 0.1) is 6.92 Å². The van der Waals surface area contributed by atoms with Crippen molar-refractivity contribution in [3.63, 3.8) is 0 Å². The van der Waals surface area contributed by atoms with Crippen LogP contribution in [0.3, 0.4) is 0 Å². The minimum Gasteiger partial charge on any atom is -0.445 e. The first kappa shape index (κ1) is 9.00. The molecule has 2 nitrogen and oxygen atoms in total. The Hall–Kier alpha value is -1.57. The Labute approximate surface area is 83.6 Å². The van der Waals surface area contributed by atoms with E-state index in [1.807, 2.05) is 12.1 Å². The summed E-state index contributed by atoms with van der Waals surface area (Å²) in [5.41, 5.74) is 3.70. The van der Waals surface area contributed by atoms with Crippen molar-refractivity contribution in [2.24, 2.45) is 0 Å². The monoisotopic (exact) mass is 187 g/mol. The Kier molecular flexibility index (Phi) is 2.35. The van der Waals surface area contributed by atoms with Crippen LogP contribution in [-0.4, -0.2) is 4.98 Å². The Morgan fingerprint density at radius 2 is 2.21 bits per heavy atom. The maximum Gasteiger partial charge on any atom is 0.226 e. The molecule has 0 unspecified atom stereocenters. The van der Waals surface area contributed by atoms with E-state index in [1.165, 1.54) is 11.1 Å². The van der Waals surface area contributed by atoms with Gasteiger partial charge in [-0.3, -0.25) is 0 Å². The van der Waals surface area contributed by atoms with E-state index in [0.29, 0.717) is 5.89 Å². The largest absolute Gasteiger partial charge is 0.445 e. The molecule has 1 aromatic carbocycles. The average molecular weight is 187 g/mol. The predicted molar refractivity (Wildman–Crippen MR) is 56.1 cm³/mol. The molecule has 0 aliphatic heterocycles. The molecule has 0 saturated heterocycles. The van der Waals surface area contributed by atoms with E-state index in [1.54, 1.807) is 12.5 Å². The van der Waals surface area contributed by atoms with Gasteiger partial charge in [-0.1, -0.05) is 19.1 Å². The standard InChI is InChI=1S/C12H13NO/c1-3-10-5-4-6-11(9(10)2)12-13-7-8-14-12/h4-8H,3H2,1-2H3. The summed E-state index contributed by atoms with van der Waals surface area (Å²) in [5, 5.41) is 0. The molecule has 0 radical (unpaired) electrons. The van der Waals surface area contributed by atoms with Gasteiger partial charge in [0.05, 0.1) is 6.20 Å². The molecule has 0 saturated carbocycles. The molecule has 0 atom stereocenters. The predicted octanol–water partition coefficient (Wildman–Crippen LogP) is 3.21. The molecule has 2 rings (SSSR count). The van der Waals surface area contributed by atoms with Crippen LogP contribution in [-0.2, 0) is 6.42 Å². The van der Waals surface area contributed by atoms with E-state index in [9.17, 15) is 0 Å². The minimum atomic E-state index is 0.706. The second-order valence-electron chi connectivity index (χ2n) is 3.28. The summed E-state index contributed by atoms with van der Waals surface area (Å²) in [6.07, 6.45) is 4.32. The Balaban J connectivity index is 2.54. The van der Waals surface area contributed by atoms with Crippen molar-refractivity contribution < 1.29 is 4.42 Å². The van der Waals surface area contributed by atoms with Crippen LogP contribution in [0.5, 0.6) is 0 Å². The maximum atomic E-state index is 5.29. The lowest BCUT2D eigenvalue weighted by atomic mass is 10.0. The smallest absolute Gasteiger partial charge is 0.226 e. The number of oxazole rings is 1. The first-order chi connectivity index (χ1) is 6.83. The van der Waals surface area contributed by atoms with Crippen molar-refractivity contribution in [1.82, 2.24) is 4.98 Å². The first-order valence-electron chi connectivity index (χ1n) is 4.81. The molecule has 14 heavy (non-hydrogen) atoms. The summed E-state index contributed by atoms with van der Waals surface area (Å²) in [7, 11) is 0. The van der Waals surface area contributed by atoms with E-state index < -0.39 is 0 Å². The quantitative estimate of drug-likeness (QED) is 0.721. The zero-order valence-electron chi connectivity index (χ0n) is 8.45. The molecule has 1 aromatic heterocycles. The Bertz CT molecular complexity index is 418. The van der Waals surface area contributed by atoms with Gasteiger partial charge in [0.2, 0.25) is 5.89 Å². The first-order valence-corrected chi connectivity index (χ1v) is 4.81. The summed E-state index contributed by atoms with van der Waals surface area (Å²) in [5.74, 6) is 0.706. The number of benzene rings is 1. The van der Waals surface area contributed by atoms with Crippen molar-refractivity contribution in [1.29, 1.82) is 0 Å². The maximum absolute atomic E-state index is 5.29. The fraction of sp³-hybridized carbons (Fsp3) is 0.250. The Morgan fingerprint density at radius 1 is 1.36 bits per heavy atom. The molecule has 0 amide bonds. The van der Waals surface area contributed by atoms with Gasteiger partial charge < -0.3 is 4.42 Å². The molecule has 72 valence electrons. The lowest BCUT2D eigenvalue weighted by Crippen LogP contribution is -1.90. The van der Waals surface area contributed by atoms with Crippen LogP contribution in [0.2, 0.25) is 0 Å². The molecule has 0 bridgehead atoms. The average Bonchev–Trinajstić information content (AvgIpc) is 2.71. The van der Waals surface area contributed by atoms with Gasteiger partial charge in [0.1, 0.15) is 6.26 Å². The lowest BCUT2D eigenvalue weighted by molar-refractivity contribution is 0.574. The van der Waals surface area contributed by atoms with Crippen molar-refractivity contribution >= 4 is 0 Å². The summed E-state index contributed by atoms with van der Waals surface area (Å²) in [6, 6.07) is 6.23. The molecule has 0 N–H and O–H groups in total. The van der Waals surface area contributed by atoms with Gasteiger partial charge in [-0.05, 0) is 30.5 Å². The van der Waals surface area contributed by atoms with Crippen LogP contribution >= 0.6 is 0 Å². The third kappa shape index (κ3) is 1.43. The molecule has 0 aliphatic rings. The SMILES string of the molecule is CCc1cccc(-c2ncco2)c1C. The zero-order chi connectivity index (χ0) is 9.97. The molecule has 2 aromatic rings. The Morgan fingerprint density at radius 3 is 2.86 bits per heavy atom. The van der Waals surface area contributed by atoms with Crippen LogP contribution in [0.15, 0.2) is 35.1 Å². The molecule has 0 fully saturated rings. The molecular weight excluding hydrogens is 174 g/mol. The molecule has 2 heteroatoms. The van der Waals surface area contributed by atoms with Crippen LogP contribution in [0.25, 0.3) is 11.5 Å². The number of aryl methyl sites for hydroxylation is 1. The van der Waals surface area contributed by atoms with Gasteiger partial charge in [0.25, 0.3) is 0 Å². The molecule has 1 heterocycles. The summed E-state index contributed by atoms with van der Waals surface area (Å²) in [4.78, 5) is 4.16. The van der Waals surface area contributed by atoms with E-state index in [0.717, 1.165) is 12.0 Å². The minimum absolute atomic E-state index is 0.706. The summed E-state index contributed by atoms with van der Waals surface area (Å²) >= 11 is 0. The molecular formula is C12H13NO. The van der Waals surface area contributed by atoms with Crippen molar-refractivity contribution in [3.05, 3.63) is 41.8 Å². The third-order valence-electron chi connectivity index (χ3n) is 2.49. The van der Waals surface area contributed by atoms with Gasteiger partial charge in [-0.25, -0.2) is 4.98 Å². The van der Waals surface area contributed by atoms with Gasteiger partial charge in [-0.15, -0.1) is 0 Å². The molecule has 0 spiro atoms. The number of rotatable bonds is 2. The van der Waals surface area contributed by atoms with E-state index >= 15 is 0 Å². The fourth-order valence-corrected chi connectivity index (χ4v) is 1.65. The van der Waals surface area contributed by atoms with Gasteiger partial charge in [0, 0.05) is 5.56 Å². The van der Waals surface area contributed by atoms with Crippen molar-refractivity contribution in [3.8, 4) is 11.5 Å². The van der Waals surface area contributed by atoms with Gasteiger partial charge >= 0.3 is 0 Å². The number of hydrogen-bond acceptors (Lipinski definition) is 2. The highest BCUT2D eigenvalue weighted by Gasteiger charge is 2.07. The van der Waals surface area contributed by atoms with Gasteiger partial charge in [0.15, 0.2) is 0 Å². The van der Waals surface area contributed by atoms with E-state index in [4.69, 9.17) is 4.42 Å². The highest BCUT2D eigenvalue weighted by atomic mass is 16.3. The van der Waals surface area contributed by atoms with Crippen LogP contribution in [0.1, 0.15) is 18.1 Å². The highest BCUT2D eigenvalue weighted by molar-refractivity contribution is 5.60. The fourth-order valence-electron chi connectivity index (χ4n) is 1.65. The highest BCUT2D eigenvalue weighted by Crippen LogP contribution is 2.24. The number of aromatic nitrogens is 1. The second kappa shape index (κ2) is 3.66. The normalized spacial score (nSPS) is 10.4. The van der Waals surface area contributed by atoms with Crippen molar-refractivity contribution in [2.75, 3.05) is 0 Å². The van der Waals surface area contributed by atoms with E-state index in [2.05, 4.69) is 24.9 Å². The summed E-state index contributed by atoms with van der Waals surface area (Å²) < 4.78 is 5.29. The van der Waals surface area contributed by atoms with Crippen LogP contribution < -0.4 is 0 Å². The van der Waals surface area contributed by atoms with Crippen molar-refractivity contribution in [2.45, 2.75) is 20.3 Å². The third-order valence-corrected chi connectivity index (χ3v) is 2.49. The topological polar surface area (TPSA) is 26.0 Å². The van der Waals surface area contributed by atoms with Gasteiger partial charge in [-0.2, -0.15) is 0 Å². The molecule has 0 aliphatic carbocycles. The number of nitrogens with zero attached hydrogens (tertiary/aromatic N) is 1. The summed E-state index contributed by atoms with van der Waals surface area (Å²) in [6.45, 7) is 4.26. The van der Waals surface area contributed by atoms with E-state index in [-0.39, 0.29) is 0 Å². The lowest BCUT2D eigenvalue weighted by Gasteiger charge is -2.06. The number of hydrogen-bond donors (Lipinski definition) is 0. The van der Waals surface area contributed by atoms with Crippen LogP contribution in [0.4, 0.5) is 0 Å². The zero-order valence-corrected chi connectivity index (χ0v) is 8.45.